The molecule has 1 spiro atoms. The zero-order chi connectivity index (χ0) is 17.7. The predicted octanol–water partition coefficient (Wildman–Crippen LogP) is 3.58. The van der Waals surface area contributed by atoms with E-state index in [0.29, 0.717) is 11.8 Å². The number of carbonyl (C=O) groups is 2. The van der Waals surface area contributed by atoms with Crippen LogP contribution in [-0.2, 0) is 19.1 Å². The fraction of sp³-hybridized carbons (Fsp3) is 0.900. The second kappa shape index (κ2) is 4.56. The summed E-state index contributed by atoms with van der Waals surface area (Å²) in [4.78, 5) is 25.1. The van der Waals surface area contributed by atoms with Gasteiger partial charge in [0.15, 0.2) is 0 Å². The summed E-state index contributed by atoms with van der Waals surface area (Å²) in [5.41, 5.74) is -0.374. The molecule has 0 N–H and O–H groups in total. The Bertz CT molecular complexity index is 603. The lowest BCUT2D eigenvalue weighted by molar-refractivity contribution is -0.208. The first-order valence-electron chi connectivity index (χ1n) is 9.42. The van der Waals surface area contributed by atoms with Gasteiger partial charge in [-0.05, 0) is 43.4 Å². The van der Waals surface area contributed by atoms with Crippen molar-refractivity contribution in [2.45, 2.75) is 73.0 Å². The van der Waals surface area contributed by atoms with Crippen molar-refractivity contribution in [2.24, 2.45) is 39.9 Å². The fourth-order valence-corrected chi connectivity index (χ4v) is 5.99. The van der Waals surface area contributed by atoms with Gasteiger partial charge in [-0.3, -0.25) is 9.59 Å². The van der Waals surface area contributed by atoms with Crippen LogP contribution in [0.5, 0.6) is 0 Å². The van der Waals surface area contributed by atoms with Crippen LogP contribution in [0.15, 0.2) is 0 Å². The van der Waals surface area contributed by atoms with Crippen molar-refractivity contribution in [3.05, 3.63) is 0 Å². The van der Waals surface area contributed by atoms with Crippen LogP contribution in [0.2, 0.25) is 0 Å². The molecule has 0 aromatic carbocycles. The molecule has 7 atom stereocenters. The zero-order valence-corrected chi connectivity index (χ0v) is 15.7. The van der Waals surface area contributed by atoms with E-state index in [1.165, 1.54) is 0 Å². The molecule has 1 aliphatic heterocycles. The molecule has 0 radical (unpaired) electrons. The van der Waals surface area contributed by atoms with Crippen LogP contribution in [0.4, 0.5) is 0 Å². The smallest absolute Gasteiger partial charge is 0.312 e. The van der Waals surface area contributed by atoms with Crippen LogP contribution in [0.1, 0.15) is 60.8 Å². The van der Waals surface area contributed by atoms with Crippen LogP contribution < -0.4 is 0 Å². The van der Waals surface area contributed by atoms with Gasteiger partial charge in [0.2, 0.25) is 0 Å². The van der Waals surface area contributed by atoms with Crippen LogP contribution in [0.25, 0.3) is 0 Å². The number of carbonyl (C=O) groups excluding carboxylic acids is 2. The van der Waals surface area contributed by atoms with E-state index in [1.807, 2.05) is 6.92 Å². The van der Waals surface area contributed by atoms with Crippen LogP contribution in [0, 0.1) is 39.9 Å². The quantitative estimate of drug-likeness (QED) is 0.738. The SMILES string of the molecule is CC(C)C(C)(CC(C)(C)C)C(=O)OC1C2OC(=O)C3CC4CC41C32. The normalized spacial score (nSPS) is 44.3. The van der Waals surface area contributed by atoms with Crippen molar-refractivity contribution in [2.75, 3.05) is 0 Å². The summed E-state index contributed by atoms with van der Waals surface area (Å²) in [6, 6.07) is 0. The number of hydrogen-bond donors (Lipinski definition) is 0. The van der Waals surface area contributed by atoms with E-state index in [0.717, 1.165) is 19.3 Å². The number of hydrogen-bond acceptors (Lipinski definition) is 4. The van der Waals surface area contributed by atoms with E-state index >= 15 is 0 Å². The molecule has 4 heteroatoms. The molecule has 7 unspecified atom stereocenters. The van der Waals surface area contributed by atoms with Crippen molar-refractivity contribution in [3.8, 4) is 0 Å². The largest absolute Gasteiger partial charge is 0.458 e. The van der Waals surface area contributed by atoms with Gasteiger partial charge in [0, 0.05) is 11.3 Å². The van der Waals surface area contributed by atoms with Gasteiger partial charge >= 0.3 is 11.9 Å². The van der Waals surface area contributed by atoms with Crippen LogP contribution in [-0.4, -0.2) is 24.1 Å². The van der Waals surface area contributed by atoms with Crippen molar-refractivity contribution >= 4 is 11.9 Å². The molecule has 3 saturated carbocycles. The highest BCUT2D eigenvalue weighted by Crippen LogP contribution is 2.80. The van der Waals surface area contributed by atoms with Gasteiger partial charge in [0.25, 0.3) is 0 Å². The minimum absolute atomic E-state index is 0.0544. The lowest BCUT2D eigenvalue weighted by atomic mass is 9.63. The third-order valence-electron chi connectivity index (χ3n) is 7.40. The third kappa shape index (κ3) is 1.91. The predicted molar refractivity (Wildman–Crippen MR) is 88.9 cm³/mol. The zero-order valence-electron chi connectivity index (χ0n) is 15.7. The average Bonchev–Trinajstić information content (AvgIpc) is 2.99. The molecule has 4 fully saturated rings. The first kappa shape index (κ1) is 16.4. The summed E-state index contributed by atoms with van der Waals surface area (Å²) in [5.74, 6) is 1.01. The molecule has 134 valence electrons. The van der Waals surface area contributed by atoms with E-state index in [9.17, 15) is 9.59 Å². The van der Waals surface area contributed by atoms with Gasteiger partial charge in [-0.2, -0.15) is 0 Å². The number of rotatable bonds is 4. The Hall–Kier alpha value is -1.06. The summed E-state index contributed by atoms with van der Waals surface area (Å²) in [5, 5.41) is 0. The Labute approximate surface area is 144 Å². The van der Waals surface area contributed by atoms with Crippen molar-refractivity contribution < 1.29 is 19.1 Å². The van der Waals surface area contributed by atoms with Gasteiger partial charge in [-0.1, -0.05) is 34.6 Å². The maximum Gasteiger partial charge on any atom is 0.312 e. The average molecular weight is 334 g/mol. The van der Waals surface area contributed by atoms with Gasteiger partial charge < -0.3 is 9.47 Å². The van der Waals surface area contributed by atoms with E-state index in [2.05, 4.69) is 34.6 Å². The Balaban J connectivity index is 1.53. The Morgan fingerprint density at radius 3 is 2.58 bits per heavy atom. The Kier molecular flexibility index (Phi) is 3.12. The molecule has 0 bridgehead atoms. The maximum atomic E-state index is 13.1. The Morgan fingerprint density at radius 2 is 2.00 bits per heavy atom. The summed E-state index contributed by atoms with van der Waals surface area (Å²) < 4.78 is 11.6. The maximum absolute atomic E-state index is 13.1. The molecule has 4 nitrogen and oxygen atoms in total. The third-order valence-corrected chi connectivity index (χ3v) is 7.40. The summed E-state index contributed by atoms with van der Waals surface area (Å²) in [6.07, 6.45) is 2.46. The lowest BCUT2D eigenvalue weighted by Crippen LogP contribution is -2.59. The molecule has 4 aliphatic rings. The molecule has 4 rings (SSSR count). The lowest BCUT2D eigenvalue weighted by Gasteiger charge is -2.48. The van der Waals surface area contributed by atoms with Crippen molar-refractivity contribution in [3.63, 3.8) is 0 Å². The van der Waals surface area contributed by atoms with Gasteiger partial charge in [0.05, 0.1) is 11.3 Å². The highest BCUT2D eigenvalue weighted by molar-refractivity contribution is 5.80. The van der Waals surface area contributed by atoms with Crippen LogP contribution >= 0.6 is 0 Å². The fourth-order valence-electron chi connectivity index (χ4n) is 5.99. The molecule has 24 heavy (non-hydrogen) atoms. The summed E-state index contributed by atoms with van der Waals surface area (Å²) in [6.45, 7) is 12.7. The standard InChI is InChI=1S/C20H30O4/c1-10(2)19(6,9-18(3,4)5)17(22)24-15-14-13-12(16(21)23-14)7-11-8-20(11,13)15/h10-15H,7-9H2,1-6H3. The summed E-state index contributed by atoms with van der Waals surface area (Å²) >= 11 is 0. The van der Waals surface area contributed by atoms with E-state index in [4.69, 9.17) is 9.47 Å². The number of esters is 2. The van der Waals surface area contributed by atoms with Crippen LogP contribution in [0.3, 0.4) is 0 Å². The molecule has 0 aromatic heterocycles. The topological polar surface area (TPSA) is 52.6 Å². The van der Waals surface area contributed by atoms with Crippen molar-refractivity contribution in [1.29, 1.82) is 0 Å². The minimum Gasteiger partial charge on any atom is -0.458 e. The van der Waals surface area contributed by atoms with E-state index < -0.39 is 5.41 Å². The number of ether oxygens (including phenoxy) is 2. The minimum atomic E-state index is -0.509. The van der Waals surface area contributed by atoms with E-state index in [-0.39, 0.29) is 46.8 Å². The second-order valence-corrected chi connectivity index (χ2v) is 10.4. The van der Waals surface area contributed by atoms with Gasteiger partial charge in [-0.15, -0.1) is 0 Å². The molecule has 3 aliphatic carbocycles. The molecular formula is C20H30O4. The van der Waals surface area contributed by atoms with Gasteiger partial charge in [-0.25, -0.2) is 0 Å². The first-order valence-corrected chi connectivity index (χ1v) is 9.42. The summed E-state index contributed by atoms with van der Waals surface area (Å²) in [7, 11) is 0. The second-order valence-electron chi connectivity index (χ2n) is 10.4. The highest BCUT2D eigenvalue weighted by Gasteiger charge is 2.86. The van der Waals surface area contributed by atoms with Gasteiger partial charge in [0.1, 0.15) is 12.2 Å². The van der Waals surface area contributed by atoms with E-state index in [1.54, 1.807) is 0 Å². The molecule has 0 aromatic rings. The molecule has 1 saturated heterocycles. The monoisotopic (exact) mass is 334 g/mol. The van der Waals surface area contributed by atoms with Crippen molar-refractivity contribution in [1.82, 2.24) is 0 Å². The highest BCUT2D eigenvalue weighted by atomic mass is 16.6. The Morgan fingerprint density at radius 1 is 1.33 bits per heavy atom. The molecule has 1 heterocycles. The molecule has 0 amide bonds. The first-order chi connectivity index (χ1) is 11.0. The molecular weight excluding hydrogens is 304 g/mol.